The van der Waals surface area contributed by atoms with Gasteiger partial charge < -0.3 is 4.74 Å². The summed E-state index contributed by atoms with van der Waals surface area (Å²) >= 11 is 0. The van der Waals surface area contributed by atoms with Crippen LogP contribution in [0.25, 0.3) is 0 Å². The fourth-order valence-corrected chi connectivity index (χ4v) is 1.40. The molecular formula is C17H26O2. The van der Waals surface area contributed by atoms with Gasteiger partial charge in [0.05, 0.1) is 7.11 Å². The van der Waals surface area contributed by atoms with Crippen LogP contribution in [0.15, 0.2) is 48.6 Å². The van der Waals surface area contributed by atoms with E-state index in [1.807, 2.05) is 6.08 Å². The summed E-state index contributed by atoms with van der Waals surface area (Å²) in [6, 6.07) is 0. The molecule has 0 aliphatic heterocycles. The average Bonchev–Trinajstić information content (AvgIpc) is 2.43. The number of methoxy groups -OCH3 is 1. The van der Waals surface area contributed by atoms with E-state index in [-0.39, 0.29) is 5.97 Å². The lowest BCUT2D eigenvalue weighted by Gasteiger charge is -1.93. The van der Waals surface area contributed by atoms with Gasteiger partial charge in [-0.05, 0) is 32.1 Å². The summed E-state index contributed by atoms with van der Waals surface area (Å²) in [6.07, 6.45) is 22.4. The van der Waals surface area contributed by atoms with E-state index in [4.69, 9.17) is 0 Å². The van der Waals surface area contributed by atoms with Crippen molar-refractivity contribution in [3.63, 3.8) is 0 Å². The number of carbonyl (C=O) groups excluding carboxylic acids is 1. The zero-order chi connectivity index (χ0) is 14.2. The van der Waals surface area contributed by atoms with Gasteiger partial charge >= 0.3 is 5.97 Å². The Hall–Kier alpha value is -1.57. The van der Waals surface area contributed by atoms with Crippen LogP contribution in [0.1, 0.15) is 45.4 Å². The van der Waals surface area contributed by atoms with Crippen LogP contribution in [0.4, 0.5) is 0 Å². The lowest BCUT2D eigenvalue weighted by Crippen LogP contribution is -1.97. The number of carbonyl (C=O) groups is 1. The highest BCUT2D eigenvalue weighted by atomic mass is 16.5. The third-order valence-corrected chi connectivity index (χ3v) is 2.46. The first-order valence-electron chi connectivity index (χ1n) is 6.98. The molecule has 0 spiro atoms. The number of esters is 1. The first kappa shape index (κ1) is 17.4. The van der Waals surface area contributed by atoms with E-state index in [2.05, 4.69) is 54.2 Å². The van der Waals surface area contributed by atoms with Crippen LogP contribution in [0.3, 0.4) is 0 Å². The van der Waals surface area contributed by atoms with E-state index in [0.717, 1.165) is 32.1 Å². The monoisotopic (exact) mass is 262 g/mol. The molecule has 2 nitrogen and oxygen atoms in total. The van der Waals surface area contributed by atoms with Crippen molar-refractivity contribution in [3.05, 3.63) is 48.6 Å². The van der Waals surface area contributed by atoms with Crippen molar-refractivity contribution in [1.29, 1.82) is 0 Å². The molecule has 0 bridgehead atoms. The first-order chi connectivity index (χ1) is 9.31. The molecule has 2 heteroatoms. The Balaban J connectivity index is 3.45. The first-order valence-corrected chi connectivity index (χ1v) is 6.98. The van der Waals surface area contributed by atoms with Crippen LogP contribution in [0, 0.1) is 0 Å². The highest BCUT2D eigenvalue weighted by molar-refractivity contribution is 5.69. The van der Waals surface area contributed by atoms with Crippen molar-refractivity contribution >= 4 is 5.97 Å². The number of hydrogen-bond acceptors (Lipinski definition) is 2. The number of hydrogen-bond donors (Lipinski definition) is 0. The second-order valence-electron chi connectivity index (χ2n) is 4.12. The van der Waals surface area contributed by atoms with Gasteiger partial charge in [0.2, 0.25) is 0 Å². The van der Waals surface area contributed by atoms with Crippen LogP contribution < -0.4 is 0 Å². The molecule has 0 aromatic rings. The Labute approximate surface area is 117 Å². The number of ether oxygens (including phenoxy) is 1. The molecule has 0 aliphatic rings. The highest BCUT2D eigenvalue weighted by Gasteiger charge is 1.94. The Kier molecular flexibility index (Phi) is 13.3. The molecule has 0 rings (SSSR count). The molecule has 0 saturated carbocycles. The molecule has 0 amide bonds. The van der Waals surface area contributed by atoms with Gasteiger partial charge in [-0.15, -0.1) is 0 Å². The fourth-order valence-electron chi connectivity index (χ4n) is 1.40. The zero-order valence-electron chi connectivity index (χ0n) is 12.2. The van der Waals surface area contributed by atoms with Crippen LogP contribution in [0.2, 0.25) is 0 Å². The minimum Gasteiger partial charge on any atom is -0.469 e. The van der Waals surface area contributed by atoms with Crippen molar-refractivity contribution in [3.8, 4) is 0 Å². The SMILES string of the molecule is CC/C=C\C/C=C\C/C=C\C/C=C\CCC(=O)OC. The third-order valence-electron chi connectivity index (χ3n) is 2.46. The fraction of sp³-hybridized carbons (Fsp3) is 0.471. The minimum atomic E-state index is -0.151. The molecule has 0 aliphatic carbocycles. The lowest BCUT2D eigenvalue weighted by atomic mass is 10.2. The Bertz CT molecular complexity index is 322. The largest absolute Gasteiger partial charge is 0.469 e. The third kappa shape index (κ3) is 14.4. The lowest BCUT2D eigenvalue weighted by molar-refractivity contribution is -0.140. The van der Waals surface area contributed by atoms with Crippen LogP contribution >= 0.6 is 0 Å². The Morgan fingerprint density at radius 1 is 0.842 bits per heavy atom. The van der Waals surface area contributed by atoms with E-state index in [0.29, 0.717) is 6.42 Å². The van der Waals surface area contributed by atoms with Gasteiger partial charge in [-0.3, -0.25) is 4.79 Å². The normalized spacial score (nSPS) is 12.3. The molecular weight excluding hydrogens is 236 g/mol. The summed E-state index contributed by atoms with van der Waals surface area (Å²) in [5.74, 6) is -0.151. The van der Waals surface area contributed by atoms with E-state index in [1.54, 1.807) is 0 Å². The minimum absolute atomic E-state index is 0.151. The summed E-state index contributed by atoms with van der Waals surface area (Å²) in [6.45, 7) is 2.14. The molecule has 0 saturated heterocycles. The predicted octanol–water partition coefficient (Wildman–Crippen LogP) is 4.74. The van der Waals surface area contributed by atoms with Gasteiger partial charge in [0.15, 0.2) is 0 Å². The summed E-state index contributed by atoms with van der Waals surface area (Å²) in [5.41, 5.74) is 0. The van der Waals surface area contributed by atoms with Crippen LogP contribution in [-0.2, 0) is 9.53 Å². The molecule has 0 heterocycles. The second-order valence-corrected chi connectivity index (χ2v) is 4.12. The van der Waals surface area contributed by atoms with Gasteiger partial charge in [0.1, 0.15) is 0 Å². The second kappa shape index (κ2) is 14.5. The van der Waals surface area contributed by atoms with E-state index in [1.165, 1.54) is 7.11 Å². The summed E-state index contributed by atoms with van der Waals surface area (Å²) in [7, 11) is 1.42. The van der Waals surface area contributed by atoms with Crippen molar-refractivity contribution in [2.75, 3.05) is 7.11 Å². The molecule has 19 heavy (non-hydrogen) atoms. The maximum atomic E-state index is 10.8. The van der Waals surface area contributed by atoms with E-state index >= 15 is 0 Å². The molecule has 0 radical (unpaired) electrons. The zero-order valence-corrected chi connectivity index (χ0v) is 12.2. The Morgan fingerprint density at radius 3 is 1.79 bits per heavy atom. The van der Waals surface area contributed by atoms with Crippen molar-refractivity contribution in [2.45, 2.75) is 45.4 Å². The molecule has 0 fully saturated rings. The molecule has 0 aromatic carbocycles. The van der Waals surface area contributed by atoms with E-state index in [9.17, 15) is 4.79 Å². The summed E-state index contributed by atoms with van der Waals surface area (Å²) < 4.78 is 4.56. The van der Waals surface area contributed by atoms with Crippen molar-refractivity contribution in [2.24, 2.45) is 0 Å². The van der Waals surface area contributed by atoms with Gasteiger partial charge in [0.25, 0.3) is 0 Å². The standard InChI is InChI=1S/C17H26O2/c1-3-4-5-6-7-8-9-10-11-12-13-14-15-16-17(18)19-2/h4-5,7-8,10-11,13-14H,3,6,9,12,15-16H2,1-2H3/b5-4-,8-7-,11-10-,14-13-. The van der Waals surface area contributed by atoms with Crippen LogP contribution in [0.5, 0.6) is 0 Å². The molecule has 0 atom stereocenters. The average molecular weight is 262 g/mol. The quantitative estimate of drug-likeness (QED) is 0.419. The summed E-state index contributed by atoms with van der Waals surface area (Å²) in [5, 5.41) is 0. The van der Waals surface area contributed by atoms with Gasteiger partial charge in [-0.2, -0.15) is 0 Å². The van der Waals surface area contributed by atoms with Crippen molar-refractivity contribution in [1.82, 2.24) is 0 Å². The van der Waals surface area contributed by atoms with Gasteiger partial charge in [0, 0.05) is 6.42 Å². The molecule has 106 valence electrons. The maximum absolute atomic E-state index is 10.8. The van der Waals surface area contributed by atoms with E-state index < -0.39 is 0 Å². The molecule has 0 N–H and O–H groups in total. The smallest absolute Gasteiger partial charge is 0.305 e. The summed E-state index contributed by atoms with van der Waals surface area (Å²) in [4.78, 5) is 10.8. The van der Waals surface area contributed by atoms with Crippen molar-refractivity contribution < 1.29 is 9.53 Å². The van der Waals surface area contributed by atoms with Gasteiger partial charge in [-0.25, -0.2) is 0 Å². The van der Waals surface area contributed by atoms with Gasteiger partial charge in [-0.1, -0.05) is 55.5 Å². The number of allylic oxidation sites excluding steroid dienone is 8. The number of rotatable bonds is 10. The molecule has 0 unspecified atom stereocenters. The predicted molar refractivity (Wildman–Crippen MR) is 82.0 cm³/mol. The highest BCUT2D eigenvalue weighted by Crippen LogP contribution is 1.97. The maximum Gasteiger partial charge on any atom is 0.305 e. The Morgan fingerprint density at radius 2 is 1.32 bits per heavy atom. The van der Waals surface area contributed by atoms with Crippen LogP contribution in [-0.4, -0.2) is 13.1 Å². The molecule has 0 aromatic heterocycles. The topological polar surface area (TPSA) is 26.3 Å².